The van der Waals surface area contributed by atoms with Crippen LogP contribution < -0.4 is 9.47 Å². The van der Waals surface area contributed by atoms with Crippen molar-refractivity contribution in [3.05, 3.63) is 107 Å². The lowest BCUT2D eigenvalue weighted by Crippen LogP contribution is -2.14. The molecule has 0 radical (unpaired) electrons. The van der Waals surface area contributed by atoms with Gasteiger partial charge < -0.3 is 37.9 Å². The predicted octanol–water partition coefficient (Wildman–Crippen LogP) is 6.71. The molecule has 0 aliphatic heterocycles. The van der Waals surface area contributed by atoms with Gasteiger partial charge in [0.05, 0.1) is 79.3 Å². The molecule has 4 aromatic rings. The molecular weight excluding hydrogens is 584 g/mol. The Morgan fingerprint density at radius 2 is 0.696 bits per heavy atom. The highest BCUT2D eigenvalue weighted by Crippen LogP contribution is 2.32. The van der Waals surface area contributed by atoms with E-state index in [1.54, 1.807) is 0 Å². The van der Waals surface area contributed by atoms with Gasteiger partial charge in [-0.25, -0.2) is 0 Å². The maximum atomic E-state index is 6.05. The van der Waals surface area contributed by atoms with Crippen LogP contribution in [-0.2, 0) is 41.6 Å². The number of aryl methyl sites for hydroxylation is 2. The highest BCUT2D eigenvalue weighted by atomic mass is 16.6. The van der Waals surface area contributed by atoms with E-state index in [1.807, 2.05) is 24.3 Å². The van der Waals surface area contributed by atoms with E-state index in [4.69, 9.17) is 37.9 Å². The Balaban J connectivity index is 1.03. The van der Waals surface area contributed by atoms with Gasteiger partial charge in [0.25, 0.3) is 0 Å². The molecule has 0 aliphatic carbocycles. The fourth-order valence-corrected chi connectivity index (χ4v) is 4.47. The average molecular weight is 633 g/mol. The maximum Gasteiger partial charge on any atom is 0.161 e. The predicted molar refractivity (Wildman–Crippen MR) is 180 cm³/mol. The van der Waals surface area contributed by atoms with Crippen molar-refractivity contribution >= 4 is 10.8 Å². The van der Waals surface area contributed by atoms with Crippen molar-refractivity contribution in [1.29, 1.82) is 0 Å². The van der Waals surface area contributed by atoms with Crippen LogP contribution in [0.25, 0.3) is 10.8 Å². The van der Waals surface area contributed by atoms with Crippen LogP contribution in [0.5, 0.6) is 11.5 Å². The SMILES string of the molecule is Cc1ccc(COCCOCCOCCOc2cc3ccccc3cc2OCCOCCOCCOCc2ccc(C)cc2)cc1. The fourth-order valence-electron chi connectivity index (χ4n) is 4.47. The minimum Gasteiger partial charge on any atom is -0.487 e. The first-order valence-corrected chi connectivity index (χ1v) is 16.0. The molecular formula is C38H48O8. The molecule has 0 saturated carbocycles. The second kappa shape index (κ2) is 21.3. The van der Waals surface area contributed by atoms with Crippen LogP contribution in [0.3, 0.4) is 0 Å². The zero-order valence-corrected chi connectivity index (χ0v) is 27.2. The maximum absolute atomic E-state index is 6.05. The third-order valence-electron chi connectivity index (χ3n) is 7.05. The van der Waals surface area contributed by atoms with E-state index in [0.29, 0.717) is 104 Å². The van der Waals surface area contributed by atoms with Crippen molar-refractivity contribution in [1.82, 2.24) is 0 Å². The van der Waals surface area contributed by atoms with Crippen LogP contribution in [0.4, 0.5) is 0 Å². The van der Waals surface area contributed by atoms with Crippen LogP contribution in [0.15, 0.2) is 84.9 Å². The molecule has 0 aromatic heterocycles. The van der Waals surface area contributed by atoms with Crippen molar-refractivity contribution in [3.8, 4) is 11.5 Å². The lowest BCUT2D eigenvalue weighted by atomic mass is 10.1. The van der Waals surface area contributed by atoms with Crippen molar-refractivity contribution < 1.29 is 37.9 Å². The summed E-state index contributed by atoms with van der Waals surface area (Å²) in [5, 5.41) is 2.17. The molecule has 0 N–H and O–H groups in total. The van der Waals surface area contributed by atoms with Gasteiger partial charge in [0.1, 0.15) is 13.2 Å². The normalized spacial score (nSPS) is 11.3. The lowest BCUT2D eigenvalue weighted by molar-refractivity contribution is 0.00462. The smallest absolute Gasteiger partial charge is 0.161 e. The summed E-state index contributed by atoms with van der Waals surface area (Å²) < 4.78 is 46.0. The Morgan fingerprint density at radius 1 is 0.370 bits per heavy atom. The van der Waals surface area contributed by atoms with Gasteiger partial charge in [0, 0.05) is 0 Å². The number of hydrogen-bond donors (Lipinski definition) is 0. The van der Waals surface area contributed by atoms with Crippen LogP contribution in [-0.4, -0.2) is 79.3 Å². The monoisotopic (exact) mass is 632 g/mol. The molecule has 0 aliphatic rings. The Hall–Kier alpha value is -3.50. The summed E-state index contributed by atoms with van der Waals surface area (Å²) in [6, 6.07) is 28.8. The molecule has 8 nitrogen and oxygen atoms in total. The van der Waals surface area contributed by atoms with E-state index in [9.17, 15) is 0 Å². The summed E-state index contributed by atoms with van der Waals surface area (Å²) in [5.41, 5.74) is 4.82. The van der Waals surface area contributed by atoms with E-state index < -0.39 is 0 Å². The molecule has 0 spiro atoms. The van der Waals surface area contributed by atoms with Gasteiger partial charge in [-0.15, -0.1) is 0 Å². The van der Waals surface area contributed by atoms with Crippen LogP contribution in [0, 0.1) is 13.8 Å². The average Bonchev–Trinajstić information content (AvgIpc) is 3.07. The molecule has 248 valence electrons. The van der Waals surface area contributed by atoms with Crippen molar-refractivity contribution in [2.45, 2.75) is 27.1 Å². The highest BCUT2D eigenvalue weighted by Gasteiger charge is 2.08. The standard InChI is InChI=1S/C38H48O8/c1-31-7-11-33(12-8-31)29-43-21-19-39-15-17-41-23-25-45-37-27-35-5-3-4-6-36(35)28-38(37)46-26-24-42-18-16-40-20-22-44-30-34-13-9-32(2)10-14-34/h3-14,27-28H,15-26,29-30H2,1-2H3. The van der Waals surface area contributed by atoms with E-state index in [2.05, 4.69) is 74.5 Å². The quantitative estimate of drug-likeness (QED) is 0.0790. The van der Waals surface area contributed by atoms with E-state index in [0.717, 1.165) is 21.9 Å². The van der Waals surface area contributed by atoms with Crippen molar-refractivity contribution in [2.24, 2.45) is 0 Å². The highest BCUT2D eigenvalue weighted by molar-refractivity contribution is 5.86. The first-order valence-electron chi connectivity index (χ1n) is 16.0. The van der Waals surface area contributed by atoms with Crippen LogP contribution in [0.2, 0.25) is 0 Å². The fraction of sp³-hybridized carbons (Fsp3) is 0.421. The molecule has 4 aromatic carbocycles. The number of ether oxygens (including phenoxy) is 8. The molecule has 0 amide bonds. The van der Waals surface area contributed by atoms with E-state index >= 15 is 0 Å². The molecule has 0 unspecified atom stereocenters. The van der Waals surface area contributed by atoms with Crippen LogP contribution in [0.1, 0.15) is 22.3 Å². The van der Waals surface area contributed by atoms with Crippen molar-refractivity contribution in [3.63, 3.8) is 0 Å². The second-order valence-electron chi connectivity index (χ2n) is 10.9. The minimum atomic E-state index is 0.400. The molecule has 46 heavy (non-hydrogen) atoms. The Bertz CT molecular complexity index is 1270. The third kappa shape index (κ3) is 13.9. The Morgan fingerprint density at radius 3 is 1.07 bits per heavy atom. The molecule has 0 atom stereocenters. The molecule has 0 saturated heterocycles. The number of hydrogen-bond acceptors (Lipinski definition) is 8. The molecule has 8 heteroatoms. The van der Waals surface area contributed by atoms with E-state index in [-0.39, 0.29) is 0 Å². The zero-order valence-electron chi connectivity index (χ0n) is 27.2. The zero-order chi connectivity index (χ0) is 32.1. The number of benzene rings is 4. The summed E-state index contributed by atoms with van der Waals surface area (Å²) in [6.45, 7) is 11.2. The van der Waals surface area contributed by atoms with Gasteiger partial charge in [0.2, 0.25) is 0 Å². The van der Waals surface area contributed by atoms with Gasteiger partial charge in [-0.2, -0.15) is 0 Å². The third-order valence-corrected chi connectivity index (χ3v) is 7.05. The van der Waals surface area contributed by atoms with E-state index in [1.165, 1.54) is 11.1 Å². The molecule has 4 rings (SSSR count). The topological polar surface area (TPSA) is 73.8 Å². The lowest BCUT2D eigenvalue weighted by Gasteiger charge is -2.15. The van der Waals surface area contributed by atoms with Gasteiger partial charge in [-0.3, -0.25) is 0 Å². The molecule has 0 heterocycles. The van der Waals surface area contributed by atoms with Gasteiger partial charge >= 0.3 is 0 Å². The van der Waals surface area contributed by atoms with Crippen LogP contribution >= 0.6 is 0 Å². The largest absolute Gasteiger partial charge is 0.487 e. The number of fused-ring (bicyclic) bond motifs is 1. The first-order chi connectivity index (χ1) is 22.7. The second-order valence-corrected chi connectivity index (χ2v) is 10.9. The summed E-state index contributed by atoms with van der Waals surface area (Å²) in [6.07, 6.45) is 0. The summed E-state index contributed by atoms with van der Waals surface area (Å²) in [7, 11) is 0. The summed E-state index contributed by atoms with van der Waals surface area (Å²) in [4.78, 5) is 0. The Labute approximate surface area is 273 Å². The van der Waals surface area contributed by atoms with Gasteiger partial charge in [-0.1, -0.05) is 83.9 Å². The summed E-state index contributed by atoms with van der Waals surface area (Å²) >= 11 is 0. The van der Waals surface area contributed by atoms with Gasteiger partial charge in [-0.05, 0) is 47.9 Å². The minimum absolute atomic E-state index is 0.400. The van der Waals surface area contributed by atoms with Crippen molar-refractivity contribution in [2.75, 3.05) is 79.3 Å². The number of rotatable bonds is 24. The molecule has 0 fully saturated rings. The first kappa shape index (κ1) is 35.4. The molecule has 0 bridgehead atoms. The Kier molecular flexibility index (Phi) is 16.4. The van der Waals surface area contributed by atoms with Gasteiger partial charge in [0.15, 0.2) is 11.5 Å². The summed E-state index contributed by atoms with van der Waals surface area (Å²) in [5.74, 6) is 1.36.